The van der Waals surface area contributed by atoms with Crippen molar-refractivity contribution >= 4 is 11.0 Å². The number of phenols is 1. The van der Waals surface area contributed by atoms with Crippen LogP contribution in [-0.2, 0) is 6.18 Å². The number of hydrogen-bond donors (Lipinski definition) is 1. The first-order valence-corrected chi connectivity index (χ1v) is 9.18. The zero-order valence-electron chi connectivity index (χ0n) is 15.7. The molecule has 28 heavy (non-hydrogen) atoms. The van der Waals surface area contributed by atoms with Gasteiger partial charge in [-0.05, 0) is 63.2 Å². The summed E-state index contributed by atoms with van der Waals surface area (Å²) >= 11 is 0. The van der Waals surface area contributed by atoms with Crippen molar-refractivity contribution in [2.45, 2.75) is 32.0 Å². The van der Waals surface area contributed by atoms with Gasteiger partial charge in [-0.3, -0.25) is 0 Å². The van der Waals surface area contributed by atoms with E-state index in [1.807, 2.05) is 16.8 Å². The van der Waals surface area contributed by atoms with Crippen molar-refractivity contribution in [1.82, 2.24) is 19.7 Å². The lowest BCUT2D eigenvalue weighted by molar-refractivity contribution is -0.137. The minimum absolute atomic E-state index is 0.0100. The first-order valence-electron chi connectivity index (χ1n) is 9.18. The van der Waals surface area contributed by atoms with Gasteiger partial charge in [0.15, 0.2) is 5.65 Å². The van der Waals surface area contributed by atoms with Crippen LogP contribution in [0.5, 0.6) is 5.75 Å². The van der Waals surface area contributed by atoms with Crippen LogP contribution in [0.4, 0.5) is 13.2 Å². The Bertz CT molecular complexity index is 1030. The molecule has 2 aromatic heterocycles. The number of benzene rings is 1. The van der Waals surface area contributed by atoms with E-state index in [1.54, 1.807) is 6.07 Å². The fourth-order valence-electron chi connectivity index (χ4n) is 4.00. The smallest absolute Gasteiger partial charge is 0.417 e. The Labute approximate surface area is 160 Å². The molecule has 0 unspecified atom stereocenters. The largest absolute Gasteiger partial charge is 0.507 e. The van der Waals surface area contributed by atoms with Gasteiger partial charge in [-0.1, -0.05) is 0 Å². The van der Waals surface area contributed by atoms with Gasteiger partial charge in [-0.15, -0.1) is 10.2 Å². The lowest BCUT2D eigenvalue weighted by Crippen LogP contribution is -2.33. The first-order chi connectivity index (χ1) is 13.2. The third kappa shape index (κ3) is 3.32. The Balaban J connectivity index is 1.80. The van der Waals surface area contributed by atoms with E-state index in [1.165, 1.54) is 13.0 Å². The van der Waals surface area contributed by atoms with Crippen LogP contribution in [-0.4, -0.2) is 44.9 Å². The fraction of sp³-hybridized carbons (Fsp3) is 0.400. The van der Waals surface area contributed by atoms with Gasteiger partial charge < -0.3 is 14.6 Å². The molecular weight excluding hydrogens is 369 g/mol. The SMILES string of the molecule is Cc1cc(O)c(-c2cc3ccn([C@@H]4CCCN(C)C4)c3nn2)c(C(F)(F)F)c1. The second-order valence-electron chi connectivity index (χ2n) is 7.49. The number of aryl methyl sites for hydroxylation is 1. The van der Waals surface area contributed by atoms with Crippen molar-refractivity contribution in [3.63, 3.8) is 0 Å². The summed E-state index contributed by atoms with van der Waals surface area (Å²) in [6.45, 7) is 3.46. The van der Waals surface area contributed by atoms with Crippen molar-refractivity contribution in [2.24, 2.45) is 0 Å². The topological polar surface area (TPSA) is 54.2 Å². The van der Waals surface area contributed by atoms with Crippen molar-refractivity contribution in [2.75, 3.05) is 20.1 Å². The number of alkyl halides is 3. The minimum atomic E-state index is -4.60. The number of phenolic OH excluding ortho intramolecular Hbond substituents is 1. The molecule has 0 amide bonds. The molecule has 1 aliphatic heterocycles. The zero-order chi connectivity index (χ0) is 20.1. The Morgan fingerprint density at radius 3 is 2.68 bits per heavy atom. The lowest BCUT2D eigenvalue weighted by atomic mass is 9.99. The summed E-state index contributed by atoms with van der Waals surface area (Å²) in [5.41, 5.74) is -0.264. The number of rotatable bonds is 2. The first kappa shape index (κ1) is 18.7. The number of halogens is 3. The molecule has 1 saturated heterocycles. The predicted molar refractivity (Wildman–Crippen MR) is 100 cm³/mol. The average Bonchev–Trinajstić information content (AvgIpc) is 3.03. The summed E-state index contributed by atoms with van der Waals surface area (Å²) in [4.78, 5) is 2.25. The van der Waals surface area contributed by atoms with Crippen LogP contribution in [0.25, 0.3) is 22.3 Å². The third-order valence-corrected chi connectivity index (χ3v) is 5.28. The van der Waals surface area contributed by atoms with Crippen LogP contribution in [0.15, 0.2) is 30.5 Å². The monoisotopic (exact) mass is 390 g/mol. The highest BCUT2D eigenvalue weighted by atomic mass is 19.4. The summed E-state index contributed by atoms with van der Waals surface area (Å²) in [5, 5.41) is 19.2. The summed E-state index contributed by atoms with van der Waals surface area (Å²) in [7, 11) is 2.07. The summed E-state index contributed by atoms with van der Waals surface area (Å²) in [5.74, 6) is -0.450. The second-order valence-corrected chi connectivity index (χ2v) is 7.49. The molecule has 148 valence electrons. The molecule has 3 aromatic rings. The molecule has 8 heteroatoms. The quantitative estimate of drug-likeness (QED) is 0.705. The zero-order valence-corrected chi connectivity index (χ0v) is 15.7. The molecule has 4 rings (SSSR count). The van der Waals surface area contributed by atoms with Crippen LogP contribution in [0, 0.1) is 6.92 Å². The maximum atomic E-state index is 13.5. The van der Waals surface area contributed by atoms with Gasteiger partial charge in [-0.2, -0.15) is 13.2 Å². The van der Waals surface area contributed by atoms with Crippen LogP contribution >= 0.6 is 0 Å². The molecule has 1 aliphatic rings. The highest BCUT2D eigenvalue weighted by Crippen LogP contribution is 2.42. The maximum Gasteiger partial charge on any atom is 0.417 e. The van der Waals surface area contributed by atoms with E-state index in [0.717, 1.165) is 32.0 Å². The van der Waals surface area contributed by atoms with Crippen molar-refractivity contribution in [1.29, 1.82) is 0 Å². The molecule has 1 aromatic carbocycles. The number of likely N-dealkylation sites (tertiary alicyclic amines) is 1. The molecule has 5 nitrogen and oxygen atoms in total. The number of aromatic nitrogens is 3. The minimum Gasteiger partial charge on any atom is -0.507 e. The highest BCUT2D eigenvalue weighted by Gasteiger charge is 2.36. The van der Waals surface area contributed by atoms with Crippen molar-refractivity contribution in [3.8, 4) is 17.0 Å². The lowest BCUT2D eigenvalue weighted by Gasteiger charge is -2.30. The van der Waals surface area contributed by atoms with Gasteiger partial charge >= 0.3 is 6.18 Å². The Kier molecular flexibility index (Phi) is 4.53. The van der Waals surface area contributed by atoms with Crippen LogP contribution < -0.4 is 0 Å². The number of fused-ring (bicyclic) bond motifs is 1. The van der Waals surface area contributed by atoms with Crippen LogP contribution in [0.1, 0.15) is 30.0 Å². The molecular formula is C20H21F3N4O. The molecule has 3 heterocycles. The van der Waals surface area contributed by atoms with E-state index in [0.29, 0.717) is 16.6 Å². The molecule has 0 aliphatic carbocycles. The molecule has 0 spiro atoms. The van der Waals surface area contributed by atoms with E-state index in [2.05, 4.69) is 22.1 Å². The Hall–Kier alpha value is -2.61. The van der Waals surface area contributed by atoms with E-state index in [4.69, 9.17) is 0 Å². The summed E-state index contributed by atoms with van der Waals surface area (Å²) < 4.78 is 42.6. The molecule has 0 radical (unpaired) electrons. The number of likely N-dealkylation sites (N-methyl/N-ethyl adjacent to an activating group) is 1. The molecule has 0 saturated carbocycles. The number of aromatic hydroxyl groups is 1. The number of nitrogens with zero attached hydrogens (tertiary/aromatic N) is 4. The van der Waals surface area contributed by atoms with E-state index >= 15 is 0 Å². The molecule has 1 atom stereocenters. The second kappa shape index (κ2) is 6.77. The van der Waals surface area contributed by atoms with Gasteiger partial charge in [0.25, 0.3) is 0 Å². The van der Waals surface area contributed by atoms with Gasteiger partial charge in [0.1, 0.15) is 5.75 Å². The number of piperidine rings is 1. The van der Waals surface area contributed by atoms with E-state index in [9.17, 15) is 18.3 Å². The molecule has 0 bridgehead atoms. The van der Waals surface area contributed by atoms with Crippen molar-refractivity contribution in [3.05, 3.63) is 41.6 Å². The fourth-order valence-corrected chi connectivity index (χ4v) is 4.00. The number of hydrogen-bond acceptors (Lipinski definition) is 4. The van der Waals surface area contributed by atoms with Crippen molar-refractivity contribution < 1.29 is 18.3 Å². The maximum absolute atomic E-state index is 13.5. The van der Waals surface area contributed by atoms with E-state index < -0.39 is 17.5 Å². The molecule has 1 N–H and O–H groups in total. The standard InChI is InChI=1S/C20H21F3N4O/c1-12-8-15(20(21,22)23)18(17(28)9-12)16-10-13-5-7-27(19(13)25-24-16)14-4-3-6-26(2)11-14/h5,7-10,14,28H,3-4,6,11H2,1-2H3/t14-/m1/s1. The normalized spacial score (nSPS) is 18.7. The Morgan fingerprint density at radius 2 is 1.96 bits per heavy atom. The molecule has 1 fully saturated rings. The van der Waals surface area contributed by atoms with Gasteiger partial charge in [0.05, 0.1) is 16.8 Å². The highest BCUT2D eigenvalue weighted by molar-refractivity contribution is 5.82. The van der Waals surface area contributed by atoms with E-state index in [-0.39, 0.29) is 17.3 Å². The summed E-state index contributed by atoms with van der Waals surface area (Å²) in [6, 6.07) is 5.98. The summed E-state index contributed by atoms with van der Waals surface area (Å²) in [6.07, 6.45) is -0.590. The van der Waals surface area contributed by atoms with Crippen LogP contribution in [0.2, 0.25) is 0 Å². The van der Waals surface area contributed by atoms with Crippen LogP contribution in [0.3, 0.4) is 0 Å². The third-order valence-electron chi connectivity index (χ3n) is 5.28. The average molecular weight is 390 g/mol. The van der Waals surface area contributed by atoms with Gasteiger partial charge in [-0.25, -0.2) is 0 Å². The van der Waals surface area contributed by atoms with Gasteiger partial charge in [0, 0.05) is 24.2 Å². The Morgan fingerprint density at radius 1 is 1.18 bits per heavy atom. The van der Waals surface area contributed by atoms with Gasteiger partial charge in [0.2, 0.25) is 0 Å². The predicted octanol–water partition coefficient (Wildman–Crippen LogP) is 4.40.